The van der Waals surface area contributed by atoms with Gasteiger partial charge in [-0.1, -0.05) is 90.2 Å². The van der Waals surface area contributed by atoms with Crippen LogP contribution in [0.1, 0.15) is 141 Å². The molecule has 1 aromatic rings. The minimum Gasteiger partial charge on any atom is -0.508 e. The number of fused-ring (bicyclic) bond motifs is 1. The molecule has 26 nitrogen and oxygen atoms in total. The van der Waals surface area contributed by atoms with Crippen molar-refractivity contribution in [3.05, 3.63) is 29.8 Å². The second-order valence-corrected chi connectivity index (χ2v) is 19.9. The number of carbonyl (C=O) groups excluding carboxylic acids is 11. The molecule has 9 atom stereocenters. The van der Waals surface area contributed by atoms with Gasteiger partial charge in [-0.2, -0.15) is 0 Å². The Kier molecular flexibility index (Phi) is 27.3. The predicted octanol–water partition coefficient (Wildman–Crippen LogP) is -1.85. The lowest BCUT2D eigenvalue weighted by molar-refractivity contribution is -0.143. The van der Waals surface area contributed by atoms with Crippen LogP contribution in [0.3, 0.4) is 0 Å². The molecule has 0 saturated carbocycles. The molecule has 0 spiro atoms. The number of nitrogens with two attached hydrogens (primary N) is 3. The summed E-state index contributed by atoms with van der Waals surface area (Å²) in [5, 5.41) is 47.0. The van der Waals surface area contributed by atoms with Gasteiger partial charge in [-0.3, -0.25) is 57.5 Å². The fourth-order valence-electron chi connectivity index (χ4n) is 9.03. The first kappa shape index (κ1) is 63.9. The number of nitrogens with one attached hydrogen (secondary N) is 7. The maximum Gasteiger partial charge on any atom is 0.305 e. The molecule has 0 aliphatic carbocycles. The third kappa shape index (κ3) is 23.2. The molecule has 26 heteroatoms. The van der Waals surface area contributed by atoms with E-state index in [9.17, 15) is 72.9 Å². The molecular weight excluding hydrogens is 1010 g/mol. The first-order valence-corrected chi connectivity index (χ1v) is 26.4. The highest BCUT2D eigenvalue weighted by Crippen LogP contribution is 2.21. The van der Waals surface area contributed by atoms with E-state index in [1.165, 1.54) is 30.7 Å². The Bertz CT molecular complexity index is 2230. The van der Waals surface area contributed by atoms with Gasteiger partial charge in [0.15, 0.2) is 0 Å². The third-order valence-corrected chi connectivity index (χ3v) is 13.5. The van der Waals surface area contributed by atoms with Crippen molar-refractivity contribution < 1.29 is 72.9 Å². The van der Waals surface area contributed by atoms with E-state index >= 15 is 0 Å². The van der Waals surface area contributed by atoms with Crippen LogP contribution in [0.15, 0.2) is 24.3 Å². The zero-order valence-corrected chi connectivity index (χ0v) is 44.0. The summed E-state index contributed by atoms with van der Waals surface area (Å²) in [7, 11) is 0. The van der Waals surface area contributed by atoms with Gasteiger partial charge in [-0.25, -0.2) is 0 Å². The van der Waals surface area contributed by atoms with E-state index < -0.39 is 164 Å². The van der Waals surface area contributed by atoms with E-state index in [2.05, 4.69) is 51.1 Å². The number of hydrogen-bond donors (Lipinski definition) is 13. The maximum absolute atomic E-state index is 14.3. The monoisotopic (exact) mass is 1090 g/mol. The minimum atomic E-state index is -1.88. The van der Waals surface area contributed by atoms with Crippen LogP contribution in [0.4, 0.5) is 0 Å². The van der Waals surface area contributed by atoms with Crippen LogP contribution in [0.2, 0.25) is 0 Å². The van der Waals surface area contributed by atoms with Crippen LogP contribution >= 0.6 is 0 Å². The van der Waals surface area contributed by atoms with Crippen LogP contribution < -0.4 is 54.4 Å². The number of carbonyl (C=O) groups is 12. The smallest absolute Gasteiger partial charge is 0.305 e. The van der Waals surface area contributed by atoms with Crippen molar-refractivity contribution in [1.82, 2.24) is 42.1 Å². The SMILES string of the molecule is CCC(C)CCCCCCCCCCC1CC(=O)NC(CC(=O)O)C(=O)N[C@H](Cc2ccc(O)cc2)C(=O)NC(CC(N)=O)C(=O)NC(CCC(N)=O)C(=O)N2CCC[C@H]2C(=O)NC(CC(N)=O)C(=O)N[C@@H](CO)C(=O)N1. The summed E-state index contributed by atoms with van der Waals surface area (Å²) in [4.78, 5) is 162. The Morgan fingerprint density at radius 1 is 0.610 bits per heavy atom. The Morgan fingerprint density at radius 2 is 1.10 bits per heavy atom. The number of aliphatic hydroxyl groups is 1. The number of carboxylic acids is 1. The van der Waals surface area contributed by atoms with E-state index in [0.717, 1.165) is 49.8 Å². The average molecular weight is 1090 g/mol. The van der Waals surface area contributed by atoms with Gasteiger partial charge < -0.3 is 74.6 Å². The van der Waals surface area contributed by atoms with Crippen molar-refractivity contribution in [3.63, 3.8) is 0 Å². The number of amides is 11. The fraction of sp³-hybridized carbons (Fsp3) is 0.647. The van der Waals surface area contributed by atoms with Gasteiger partial charge in [0.1, 0.15) is 48.0 Å². The van der Waals surface area contributed by atoms with Crippen molar-refractivity contribution in [1.29, 1.82) is 0 Å². The summed E-state index contributed by atoms with van der Waals surface area (Å²) in [5.74, 6) is -12.7. The number of aromatic hydroxyl groups is 1. The number of benzene rings is 1. The van der Waals surface area contributed by atoms with E-state index in [4.69, 9.17) is 17.2 Å². The normalized spacial score (nSPS) is 24.0. The highest BCUT2D eigenvalue weighted by molar-refractivity contribution is 6.00. The van der Waals surface area contributed by atoms with E-state index in [1.54, 1.807) is 0 Å². The molecular formula is C51H79N11O15. The molecule has 0 aromatic heterocycles. The lowest BCUT2D eigenvalue weighted by atomic mass is 9.99. The van der Waals surface area contributed by atoms with Gasteiger partial charge in [-0.15, -0.1) is 0 Å². The molecule has 2 heterocycles. The number of phenols is 1. The number of aliphatic carboxylic acids is 1. The molecule has 77 heavy (non-hydrogen) atoms. The summed E-state index contributed by atoms with van der Waals surface area (Å²) in [5.41, 5.74) is 16.6. The lowest BCUT2D eigenvalue weighted by Gasteiger charge is -2.31. The Morgan fingerprint density at radius 3 is 1.65 bits per heavy atom. The van der Waals surface area contributed by atoms with Gasteiger partial charge >= 0.3 is 5.97 Å². The zero-order valence-electron chi connectivity index (χ0n) is 44.0. The maximum atomic E-state index is 14.3. The summed E-state index contributed by atoms with van der Waals surface area (Å²) in [6.07, 6.45) is 5.34. The molecule has 2 aliphatic heterocycles. The predicted molar refractivity (Wildman–Crippen MR) is 276 cm³/mol. The van der Waals surface area contributed by atoms with Gasteiger partial charge in [-0.05, 0) is 49.3 Å². The van der Waals surface area contributed by atoms with Gasteiger partial charge in [0.2, 0.25) is 65.0 Å². The van der Waals surface area contributed by atoms with Gasteiger partial charge in [0, 0.05) is 31.8 Å². The summed E-state index contributed by atoms with van der Waals surface area (Å²) < 4.78 is 0. The van der Waals surface area contributed by atoms with Gasteiger partial charge in [0.05, 0.1) is 25.9 Å². The first-order valence-electron chi connectivity index (χ1n) is 26.4. The number of hydrogen-bond acceptors (Lipinski definition) is 14. The molecule has 2 aliphatic rings. The van der Waals surface area contributed by atoms with E-state index in [-0.39, 0.29) is 38.0 Å². The van der Waals surface area contributed by atoms with Crippen LogP contribution in [0.25, 0.3) is 0 Å². The molecule has 2 fully saturated rings. The number of nitrogens with zero attached hydrogens (tertiary/aromatic N) is 1. The first-order chi connectivity index (χ1) is 36.5. The molecule has 6 unspecified atom stereocenters. The molecule has 3 rings (SSSR count). The lowest BCUT2D eigenvalue weighted by Crippen LogP contribution is -2.60. The van der Waals surface area contributed by atoms with Crippen LogP contribution in [0, 0.1) is 5.92 Å². The van der Waals surface area contributed by atoms with Crippen LogP contribution in [-0.4, -0.2) is 153 Å². The van der Waals surface area contributed by atoms with E-state index in [0.29, 0.717) is 24.3 Å². The van der Waals surface area contributed by atoms with Crippen molar-refractivity contribution in [2.24, 2.45) is 23.1 Å². The number of phenolic OH excluding ortho intramolecular Hbond substituents is 1. The minimum absolute atomic E-state index is 0.00402. The summed E-state index contributed by atoms with van der Waals surface area (Å²) >= 11 is 0. The summed E-state index contributed by atoms with van der Waals surface area (Å²) in [6.45, 7) is 3.29. The van der Waals surface area contributed by atoms with Crippen molar-refractivity contribution in [2.45, 2.75) is 191 Å². The highest BCUT2D eigenvalue weighted by Gasteiger charge is 2.41. The Labute approximate surface area is 447 Å². The molecule has 428 valence electrons. The highest BCUT2D eigenvalue weighted by atomic mass is 16.4. The largest absolute Gasteiger partial charge is 0.508 e. The van der Waals surface area contributed by atoms with E-state index in [1.807, 2.05) is 0 Å². The van der Waals surface area contributed by atoms with Gasteiger partial charge in [0.25, 0.3) is 0 Å². The Hall–Kier alpha value is -7.38. The number of primary amides is 3. The number of rotatable bonds is 24. The van der Waals surface area contributed by atoms with Crippen molar-refractivity contribution >= 4 is 70.9 Å². The standard InChI is InChI=1S/C51H79N11O15/c1-3-29(2)13-10-8-6-4-5-7-9-11-14-31-24-43(68)56-37(27-44(69)70)48(74)58-34(23-30-16-18-32(64)19-17-30)45(71)59-35(25-41(53)66)46(72)57-33(20-21-40(52)65)51(77)62-22-12-15-39(62)50(76)60-36(26-42(54)67)47(73)61-38(28-63)49(75)55-31/h16-19,29,31,33-39,63-64H,3-15,20-28H2,1-2H3,(H2,52,65)(H2,53,66)(H2,54,67)(H,55,75)(H,56,68)(H,57,72)(H,58,74)(H,59,71)(H,60,76)(H,61,73)(H,69,70)/t29?,31?,33?,34-,35?,36?,37?,38+,39+/m1/s1. The molecule has 16 N–H and O–H groups in total. The third-order valence-electron chi connectivity index (χ3n) is 13.5. The molecule has 0 radical (unpaired) electrons. The number of carboxylic acid groups (broad SMARTS) is 1. The molecule has 1 aromatic carbocycles. The average Bonchev–Trinajstić information content (AvgIpc) is 3.86. The topological polar surface area (TPSA) is 431 Å². The second-order valence-electron chi connectivity index (χ2n) is 19.9. The Balaban J connectivity index is 2.09. The van der Waals surface area contributed by atoms with Crippen molar-refractivity contribution in [3.8, 4) is 5.75 Å². The quantitative estimate of drug-likeness (QED) is 0.0506. The zero-order chi connectivity index (χ0) is 57.2. The molecule has 11 amide bonds. The number of aliphatic hydroxyl groups excluding tert-OH is 1. The van der Waals surface area contributed by atoms with Crippen LogP contribution in [-0.2, 0) is 64.0 Å². The number of unbranched alkanes of at least 4 members (excludes halogenated alkanes) is 7. The molecule has 2 saturated heterocycles. The molecule has 0 bridgehead atoms. The summed E-state index contributed by atoms with van der Waals surface area (Å²) in [6, 6.07) is -7.69. The second kappa shape index (κ2) is 32.9. The van der Waals surface area contributed by atoms with Crippen molar-refractivity contribution in [2.75, 3.05) is 13.2 Å². The van der Waals surface area contributed by atoms with Crippen LogP contribution in [0.5, 0.6) is 5.75 Å². The fourth-order valence-corrected chi connectivity index (χ4v) is 9.03.